The standard InChI is InChI=1S/C18H18ClF3N4O/c1-11-4-6-26(7-5-11)16-10-23-15(9-24-16)17(27)25-14-3-2-12(19)8-13(14)18(20,21)22/h2-3,8-11H,4-7H2,1H3,(H,25,27). The molecule has 27 heavy (non-hydrogen) atoms. The number of piperidine rings is 1. The van der Waals surface area contributed by atoms with Crippen LogP contribution in [0.25, 0.3) is 0 Å². The number of rotatable bonds is 3. The molecule has 1 fully saturated rings. The lowest BCUT2D eigenvalue weighted by molar-refractivity contribution is -0.136. The minimum Gasteiger partial charge on any atom is -0.355 e. The summed E-state index contributed by atoms with van der Waals surface area (Å²) in [5.74, 6) is 0.552. The molecule has 1 N–H and O–H groups in total. The zero-order valence-corrected chi connectivity index (χ0v) is 15.3. The highest BCUT2D eigenvalue weighted by atomic mass is 35.5. The van der Waals surface area contributed by atoms with Crippen molar-refractivity contribution in [3.8, 4) is 0 Å². The number of aromatic nitrogens is 2. The molecule has 1 aromatic heterocycles. The summed E-state index contributed by atoms with van der Waals surface area (Å²) in [6.07, 6.45) is 0.208. The average Bonchev–Trinajstić information content (AvgIpc) is 2.63. The average molecular weight is 399 g/mol. The Morgan fingerprint density at radius 2 is 1.93 bits per heavy atom. The number of alkyl halides is 3. The third-order valence-electron chi connectivity index (χ3n) is 4.51. The highest BCUT2D eigenvalue weighted by Crippen LogP contribution is 2.36. The van der Waals surface area contributed by atoms with Gasteiger partial charge in [0.1, 0.15) is 11.5 Å². The van der Waals surface area contributed by atoms with E-state index in [0.717, 1.165) is 38.1 Å². The third kappa shape index (κ3) is 4.68. The number of nitrogens with zero attached hydrogens (tertiary/aromatic N) is 3. The van der Waals surface area contributed by atoms with Gasteiger partial charge in [-0.25, -0.2) is 9.97 Å². The zero-order valence-electron chi connectivity index (χ0n) is 14.6. The highest BCUT2D eigenvalue weighted by molar-refractivity contribution is 6.30. The molecular formula is C18H18ClF3N4O. The van der Waals surface area contributed by atoms with Gasteiger partial charge in [-0.2, -0.15) is 13.2 Å². The van der Waals surface area contributed by atoms with Crippen LogP contribution in [0.2, 0.25) is 5.02 Å². The molecule has 0 atom stereocenters. The SMILES string of the molecule is CC1CCN(c2cnc(C(=O)Nc3ccc(Cl)cc3C(F)(F)F)cn2)CC1. The Balaban J connectivity index is 1.74. The summed E-state index contributed by atoms with van der Waals surface area (Å²) >= 11 is 5.64. The number of hydrogen-bond donors (Lipinski definition) is 1. The topological polar surface area (TPSA) is 58.1 Å². The summed E-state index contributed by atoms with van der Waals surface area (Å²) in [6, 6.07) is 3.15. The van der Waals surface area contributed by atoms with Gasteiger partial charge in [0.2, 0.25) is 0 Å². The van der Waals surface area contributed by atoms with Crippen molar-refractivity contribution in [1.82, 2.24) is 9.97 Å². The maximum atomic E-state index is 13.1. The first-order valence-electron chi connectivity index (χ1n) is 8.49. The first-order chi connectivity index (χ1) is 12.7. The van der Waals surface area contributed by atoms with Crippen LogP contribution in [0.4, 0.5) is 24.7 Å². The van der Waals surface area contributed by atoms with Gasteiger partial charge in [0.05, 0.1) is 23.6 Å². The quantitative estimate of drug-likeness (QED) is 0.818. The molecule has 0 saturated carbocycles. The van der Waals surface area contributed by atoms with E-state index >= 15 is 0 Å². The van der Waals surface area contributed by atoms with Crippen molar-refractivity contribution in [2.75, 3.05) is 23.3 Å². The van der Waals surface area contributed by atoms with E-state index in [1.807, 2.05) is 0 Å². The van der Waals surface area contributed by atoms with Gasteiger partial charge in [0.15, 0.2) is 0 Å². The van der Waals surface area contributed by atoms with Gasteiger partial charge in [0.25, 0.3) is 5.91 Å². The highest BCUT2D eigenvalue weighted by Gasteiger charge is 2.34. The van der Waals surface area contributed by atoms with E-state index in [1.54, 1.807) is 0 Å². The monoisotopic (exact) mass is 398 g/mol. The number of carbonyl (C=O) groups is 1. The summed E-state index contributed by atoms with van der Waals surface area (Å²) in [5, 5.41) is 2.16. The summed E-state index contributed by atoms with van der Waals surface area (Å²) in [7, 11) is 0. The van der Waals surface area contributed by atoms with E-state index in [1.165, 1.54) is 18.5 Å². The molecule has 0 spiro atoms. The number of nitrogens with one attached hydrogen (secondary N) is 1. The largest absolute Gasteiger partial charge is 0.418 e. The minimum absolute atomic E-state index is 0.0628. The van der Waals surface area contributed by atoms with E-state index in [-0.39, 0.29) is 16.4 Å². The fraction of sp³-hybridized carbons (Fsp3) is 0.389. The Hall–Kier alpha value is -2.35. The summed E-state index contributed by atoms with van der Waals surface area (Å²) < 4.78 is 39.4. The maximum Gasteiger partial charge on any atom is 0.418 e. The van der Waals surface area contributed by atoms with Crippen LogP contribution in [0.15, 0.2) is 30.6 Å². The Labute approximate surface area is 159 Å². The molecule has 1 amide bonds. The smallest absolute Gasteiger partial charge is 0.355 e. The second-order valence-corrected chi connectivity index (χ2v) is 7.01. The van der Waals surface area contributed by atoms with Gasteiger partial charge in [-0.1, -0.05) is 18.5 Å². The van der Waals surface area contributed by atoms with Crippen LogP contribution in [0.3, 0.4) is 0 Å². The van der Waals surface area contributed by atoms with Gasteiger partial charge in [-0.3, -0.25) is 4.79 Å². The molecule has 0 bridgehead atoms. The molecule has 0 unspecified atom stereocenters. The predicted molar refractivity (Wildman–Crippen MR) is 97.1 cm³/mol. The zero-order chi connectivity index (χ0) is 19.6. The van der Waals surface area contributed by atoms with Crippen LogP contribution in [0, 0.1) is 5.92 Å². The molecule has 1 aromatic carbocycles. The number of anilines is 2. The molecule has 9 heteroatoms. The van der Waals surface area contributed by atoms with Crippen molar-refractivity contribution in [2.24, 2.45) is 5.92 Å². The van der Waals surface area contributed by atoms with Crippen molar-refractivity contribution in [1.29, 1.82) is 0 Å². The number of carbonyl (C=O) groups excluding carboxylic acids is 1. The van der Waals surface area contributed by atoms with Gasteiger partial charge < -0.3 is 10.2 Å². The van der Waals surface area contributed by atoms with E-state index in [2.05, 4.69) is 27.1 Å². The fourth-order valence-electron chi connectivity index (χ4n) is 2.89. The predicted octanol–water partition coefficient (Wildman–Crippen LogP) is 4.64. The number of hydrogen-bond acceptors (Lipinski definition) is 4. The first-order valence-corrected chi connectivity index (χ1v) is 8.87. The Bertz CT molecular complexity index is 818. The maximum absolute atomic E-state index is 13.1. The first kappa shape index (κ1) is 19.4. The second-order valence-electron chi connectivity index (χ2n) is 6.57. The lowest BCUT2D eigenvalue weighted by atomic mass is 9.99. The van der Waals surface area contributed by atoms with Crippen LogP contribution in [-0.2, 0) is 6.18 Å². The van der Waals surface area contributed by atoms with Crippen molar-refractivity contribution in [2.45, 2.75) is 25.9 Å². The fourth-order valence-corrected chi connectivity index (χ4v) is 3.06. The summed E-state index contributed by atoms with van der Waals surface area (Å²) in [4.78, 5) is 22.6. The van der Waals surface area contributed by atoms with Crippen LogP contribution >= 0.6 is 11.6 Å². The molecule has 1 aliphatic heterocycles. The van der Waals surface area contributed by atoms with Crippen molar-refractivity contribution < 1.29 is 18.0 Å². The van der Waals surface area contributed by atoms with Gasteiger partial charge in [-0.15, -0.1) is 0 Å². The normalized spacial score (nSPS) is 15.7. The second kappa shape index (κ2) is 7.72. The molecule has 0 radical (unpaired) electrons. The third-order valence-corrected chi connectivity index (χ3v) is 4.75. The Morgan fingerprint density at radius 1 is 1.22 bits per heavy atom. The molecule has 3 rings (SSSR count). The number of amides is 1. The molecular weight excluding hydrogens is 381 g/mol. The van der Waals surface area contributed by atoms with E-state index in [0.29, 0.717) is 11.7 Å². The van der Waals surface area contributed by atoms with Crippen LogP contribution in [-0.4, -0.2) is 29.0 Å². The van der Waals surface area contributed by atoms with Crippen LogP contribution in [0.5, 0.6) is 0 Å². The number of benzene rings is 1. The van der Waals surface area contributed by atoms with E-state index in [4.69, 9.17) is 11.6 Å². The van der Waals surface area contributed by atoms with Crippen molar-refractivity contribution in [3.63, 3.8) is 0 Å². The van der Waals surface area contributed by atoms with Gasteiger partial charge in [0, 0.05) is 18.1 Å². The Morgan fingerprint density at radius 3 is 2.52 bits per heavy atom. The molecule has 2 heterocycles. The van der Waals surface area contributed by atoms with E-state index < -0.39 is 17.6 Å². The van der Waals surface area contributed by atoms with Crippen LogP contribution in [0.1, 0.15) is 35.8 Å². The minimum atomic E-state index is -4.64. The van der Waals surface area contributed by atoms with Gasteiger partial charge in [-0.05, 0) is 37.0 Å². The molecule has 5 nitrogen and oxygen atoms in total. The Kier molecular flexibility index (Phi) is 5.55. The van der Waals surface area contributed by atoms with Crippen molar-refractivity contribution >= 4 is 29.0 Å². The molecule has 1 aliphatic rings. The number of halogens is 4. The molecule has 2 aromatic rings. The lowest BCUT2D eigenvalue weighted by Gasteiger charge is -2.30. The molecule has 1 saturated heterocycles. The molecule has 0 aliphatic carbocycles. The van der Waals surface area contributed by atoms with Crippen LogP contribution < -0.4 is 10.2 Å². The van der Waals surface area contributed by atoms with Crippen molar-refractivity contribution in [3.05, 3.63) is 46.9 Å². The van der Waals surface area contributed by atoms with Gasteiger partial charge >= 0.3 is 6.18 Å². The lowest BCUT2D eigenvalue weighted by Crippen LogP contribution is -2.33. The van der Waals surface area contributed by atoms with E-state index in [9.17, 15) is 18.0 Å². The summed E-state index contributed by atoms with van der Waals surface area (Å²) in [5.41, 5.74) is -1.46. The summed E-state index contributed by atoms with van der Waals surface area (Å²) in [6.45, 7) is 3.92. The molecule has 144 valence electrons.